The number of piperidine rings is 1. The van der Waals surface area contributed by atoms with Crippen LogP contribution in [-0.4, -0.2) is 38.0 Å². The van der Waals surface area contributed by atoms with Crippen LogP contribution in [0.1, 0.15) is 0 Å². The van der Waals surface area contributed by atoms with E-state index in [9.17, 15) is 4.79 Å². The summed E-state index contributed by atoms with van der Waals surface area (Å²) in [6.07, 6.45) is 0. The van der Waals surface area contributed by atoms with E-state index in [4.69, 9.17) is 0 Å². The average molecular weight is 154 g/mol. The molecule has 1 saturated carbocycles. The van der Waals surface area contributed by atoms with Gasteiger partial charge in [0.15, 0.2) is 0 Å². The van der Waals surface area contributed by atoms with Crippen LogP contribution >= 0.6 is 0 Å². The number of nitrogens with one attached hydrogen (secondary N) is 1. The van der Waals surface area contributed by atoms with Gasteiger partial charge in [-0.3, -0.25) is 4.79 Å². The summed E-state index contributed by atoms with van der Waals surface area (Å²) in [6, 6.07) is 0. The van der Waals surface area contributed by atoms with Crippen LogP contribution in [0.4, 0.5) is 0 Å². The van der Waals surface area contributed by atoms with Crippen LogP contribution in [0, 0.1) is 17.8 Å². The second kappa shape index (κ2) is 2.21. The number of fused-ring (bicyclic) bond motifs is 1. The van der Waals surface area contributed by atoms with Crippen LogP contribution < -0.4 is 5.32 Å². The van der Waals surface area contributed by atoms with Crippen molar-refractivity contribution in [1.29, 1.82) is 0 Å². The van der Waals surface area contributed by atoms with E-state index in [0.717, 1.165) is 13.1 Å². The van der Waals surface area contributed by atoms with Crippen molar-refractivity contribution in [2.45, 2.75) is 0 Å². The molecule has 2 rings (SSSR count). The van der Waals surface area contributed by atoms with Crippen LogP contribution in [0.2, 0.25) is 0 Å². The van der Waals surface area contributed by atoms with E-state index in [1.54, 1.807) is 4.90 Å². The first kappa shape index (κ1) is 7.10. The maximum atomic E-state index is 11.4. The molecule has 2 fully saturated rings. The number of hydrogen-bond donors (Lipinski definition) is 1. The Kier molecular flexibility index (Phi) is 1.42. The molecule has 0 radical (unpaired) electrons. The molecule has 1 amide bonds. The lowest BCUT2D eigenvalue weighted by atomic mass is 10.2. The van der Waals surface area contributed by atoms with Gasteiger partial charge in [0.2, 0.25) is 5.91 Å². The fraction of sp³-hybridized carbons (Fsp3) is 0.875. The smallest absolute Gasteiger partial charge is 0.225 e. The molecule has 1 saturated heterocycles. The molecule has 0 aromatic rings. The highest BCUT2D eigenvalue weighted by Gasteiger charge is 2.57. The van der Waals surface area contributed by atoms with Gasteiger partial charge in [-0.15, -0.1) is 0 Å². The Morgan fingerprint density at radius 3 is 2.36 bits per heavy atom. The lowest BCUT2D eigenvalue weighted by Crippen LogP contribution is -2.28. The summed E-state index contributed by atoms with van der Waals surface area (Å²) in [5, 5.41) is 3.27. The largest absolute Gasteiger partial charge is 0.349 e. The highest BCUT2D eigenvalue weighted by molar-refractivity contribution is 5.82. The van der Waals surface area contributed by atoms with E-state index in [2.05, 4.69) is 5.32 Å². The standard InChI is InChI=1S/C8H14N2O/c1-10(2)8(11)7-5-3-9-4-6(5)7/h5-7,9H,3-4H2,1-2H3/t5-,6+,7?. The maximum absolute atomic E-state index is 11.4. The minimum Gasteiger partial charge on any atom is -0.349 e. The zero-order valence-corrected chi connectivity index (χ0v) is 7.00. The predicted octanol–water partition coefficient (Wildman–Crippen LogP) is -0.460. The van der Waals surface area contributed by atoms with Gasteiger partial charge in [0.05, 0.1) is 0 Å². The number of hydrogen-bond acceptors (Lipinski definition) is 2. The molecule has 1 N–H and O–H groups in total. The summed E-state index contributed by atoms with van der Waals surface area (Å²) in [7, 11) is 3.67. The molecule has 1 aliphatic carbocycles. The lowest BCUT2D eigenvalue weighted by Gasteiger charge is -2.11. The molecule has 0 aromatic carbocycles. The summed E-state index contributed by atoms with van der Waals surface area (Å²) >= 11 is 0. The zero-order valence-electron chi connectivity index (χ0n) is 7.00. The normalized spacial score (nSPS) is 40.0. The predicted molar refractivity (Wildman–Crippen MR) is 42.0 cm³/mol. The highest BCUT2D eigenvalue weighted by Crippen LogP contribution is 2.49. The third-order valence-electron chi connectivity index (χ3n) is 2.82. The van der Waals surface area contributed by atoms with E-state index in [1.165, 1.54) is 0 Å². The Morgan fingerprint density at radius 1 is 1.36 bits per heavy atom. The highest BCUT2D eigenvalue weighted by atomic mass is 16.2. The van der Waals surface area contributed by atoms with Gasteiger partial charge in [0, 0.05) is 20.0 Å². The van der Waals surface area contributed by atoms with Crippen molar-refractivity contribution >= 4 is 5.91 Å². The van der Waals surface area contributed by atoms with Gasteiger partial charge in [-0.05, 0) is 24.9 Å². The number of carbonyl (C=O) groups excluding carboxylic acids is 1. The molecule has 1 heterocycles. The van der Waals surface area contributed by atoms with Crippen molar-refractivity contribution in [3.8, 4) is 0 Å². The van der Waals surface area contributed by atoms with Gasteiger partial charge in [-0.25, -0.2) is 0 Å². The Balaban J connectivity index is 1.95. The molecular weight excluding hydrogens is 140 g/mol. The molecule has 0 spiro atoms. The number of amides is 1. The van der Waals surface area contributed by atoms with Gasteiger partial charge in [-0.2, -0.15) is 0 Å². The summed E-state index contributed by atoms with van der Waals surface area (Å²) in [5.41, 5.74) is 0. The van der Waals surface area contributed by atoms with E-state index >= 15 is 0 Å². The van der Waals surface area contributed by atoms with E-state index < -0.39 is 0 Å². The summed E-state index contributed by atoms with van der Waals surface area (Å²) in [5.74, 6) is 1.99. The molecule has 0 bridgehead atoms. The third-order valence-corrected chi connectivity index (χ3v) is 2.82. The van der Waals surface area contributed by atoms with Gasteiger partial charge in [-0.1, -0.05) is 0 Å². The van der Waals surface area contributed by atoms with Gasteiger partial charge >= 0.3 is 0 Å². The molecule has 1 unspecified atom stereocenters. The number of nitrogens with zero attached hydrogens (tertiary/aromatic N) is 1. The quantitative estimate of drug-likeness (QED) is 0.554. The monoisotopic (exact) mass is 154 g/mol. The first-order chi connectivity index (χ1) is 5.22. The van der Waals surface area contributed by atoms with E-state index in [0.29, 0.717) is 23.7 Å². The molecule has 11 heavy (non-hydrogen) atoms. The molecule has 3 nitrogen and oxygen atoms in total. The Bertz CT molecular complexity index is 181. The molecular formula is C8H14N2O. The van der Waals surface area contributed by atoms with Gasteiger partial charge in [0.1, 0.15) is 0 Å². The minimum atomic E-state index is 0.321. The van der Waals surface area contributed by atoms with Gasteiger partial charge in [0.25, 0.3) is 0 Å². The molecule has 3 atom stereocenters. The zero-order chi connectivity index (χ0) is 8.01. The molecule has 3 heteroatoms. The van der Waals surface area contributed by atoms with Gasteiger partial charge < -0.3 is 10.2 Å². The summed E-state index contributed by atoms with van der Waals surface area (Å²) < 4.78 is 0. The first-order valence-electron chi connectivity index (χ1n) is 4.13. The van der Waals surface area contributed by atoms with E-state index in [-0.39, 0.29) is 0 Å². The van der Waals surface area contributed by atoms with Crippen molar-refractivity contribution in [3.05, 3.63) is 0 Å². The van der Waals surface area contributed by atoms with Crippen LogP contribution in [0.25, 0.3) is 0 Å². The van der Waals surface area contributed by atoms with E-state index in [1.807, 2.05) is 14.1 Å². The Hall–Kier alpha value is -0.570. The summed E-state index contributed by atoms with van der Waals surface area (Å²) in [6.45, 7) is 2.10. The fourth-order valence-electron chi connectivity index (χ4n) is 2.08. The second-order valence-electron chi connectivity index (χ2n) is 3.74. The van der Waals surface area contributed by atoms with Crippen molar-refractivity contribution in [2.24, 2.45) is 17.8 Å². The molecule has 1 aliphatic heterocycles. The summed E-state index contributed by atoms with van der Waals surface area (Å²) in [4.78, 5) is 13.1. The van der Waals surface area contributed by atoms with Crippen molar-refractivity contribution in [2.75, 3.05) is 27.2 Å². The lowest BCUT2D eigenvalue weighted by molar-refractivity contribution is -0.130. The average Bonchev–Trinajstić information content (AvgIpc) is 2.41. The minimum absolute atomic E-state index is 0.321. The maximum Gasteiger partial charge on any atom is 0.225 e. The Morgan fingerprint density at radius 2 is 1.91 bits per heavy atom. The van der Waals surface area contributed by atoms with Crippen LogP contribution in [0.15, 0.2) is 0 Å². The van der Waals surface area contributed by atoms with Crippen LogP contribution in [0.5, 0.6) is 0 Å². The number of carbonyl (C=O) groups is 1. The molecule has 62 valence electrons. The van der Waals surface area contributed by atoms with Crippen molar-refractivity contribution < 1.29 is 4.79 Å². The van der Waals surface area contributed by atoms with Crippen molar-refractivity contribution in [1.82, 2.24) is 10.2 Å². The van der Waals surface area contributed by atoms with Crippen molar-refractivity contribution in [3.63, 3.8) is 0 Å². The molecule has 0 aromatic heterocycles. The second-order valence-corrected chi connectivity index (χ2v) is 3.74. The van der Waals surface area contributed by atoms with Crippen LogP contribution in [0.3, 0.4) is 0 Å². The SMILES string of the molecule is CN(C)C(=O)C1[C@H]2CNC[C@@H]12. The fourth-order valence-corrected chi connectivity index (χ4v) is 2.08. The number of rotatable bonds is 1. The first-order valence-corrected chi connectivity index (χ1v) is 4.13. The Labute approximate surface area is 66.8 Å². The molecule has 2 aliphatic rings. The topological polar surface area (TPSA) is 32.3 Å². The third kappa shape index (κ3) is 0.948. The van der Waals surface area contributed by atoms with Crippen LogP contribution in [-0.2, 0) is 4.79 Å².